The summed E-state index contributed by atoms with van der Waals surface area (Å²) in [7, 11) is 0. The Morgan fingerprint density at radius 3 is 2.65 bits per heavy atom. The van der Waals surface area contributed by atoms with Gasteiger partial charge in [-0.25, -0.2) is 0 Å². The molecule has 1 atom stereocenters. The van der Waals surface area contributed by atoms with Crippen LogP contribution in [0.4, 0.5) is 0 Å². The Morgan fingerprint density at radius 1 is 1.17 bits per heavy atom. The van der Waals surface area contributed by atoms with Gasteiger partial charge in [-0.2, -0.15) is 0 Å². The molecule has 3 nitrogen and oxygen atoms in total. The summed E-state index contributed by atoms with van der Waals surface area (Å²) in [6.07, 6.45) is 3.48. The maximum atomic E-state index is 12.4. The second kappa shape index (κ2) is 6.94. The van der Waals surface area contributed by atoms with Gasteiger partial charge in [0.2, 0.25) is 0 Å². The Morgan fingerprint density at radius 2 is 1.96 bits per heavy atom. The topological polar surface area (TPSA) is 42.0 Å². The van der Waals surface area contributed by atoms with Gasteiger partial charge in [-0.1, -0.05) is 29.8 Å². The van der Waals surface area contributed by atoms with Gasteiger partial charge in [0, 0.05) is 22.3 Å². The quantitative estimate of drug-likeness (QED) is 0.728. The van der Waals surface area contributed by atoms with E-state index in [9.17, 15) is 4.79 Å². The zero-order valence-electron chi connectivity index (χ0n) is 12.5. The Hall–Kier alpha value is -2.17. The molecule has 1 unspecified atom stereocenters. The molecule has 0 aliphatic rings. The van der Waals surface area contributed by atoms with Gasteiger partial charge < -0.3 is 5.32 Å². The van der Waals surface area contributed by atoms with Gasteiger partial charge >= 0.3 is 0 Å². The summed E-state index contributed by atoms with van der Waals surface area (Å²) >= 11 is 7.37. The molecule has 0 aliphatic heterocycles. The van der Waals surface area contributed by atoms with Crippen LogP contribution in [0, 0.1) is 0 Å². The Labute approximate surface area is 144 Å². The van der Waals surface area contributed by atoms with E-state index < -0.39 is 0 Å². The lowest BCUT2D eigenvalue weighted by Gasteiger charge is -2.12. The number of nitrogens with one attached hydrogen (secondary N) is 1. The minimum absolute atomic E-state index is 0.0773. The third-order valence-electron chi connectivity index (χ3n) is 3.49. The van der Waals surface area contributed by atoms with Crippen molar-refractivity contribution < 1.29 is 4.79 Å². The number of benzene rings is 1. The molecule has 0 saturated heterocycles. The number of rotatable bonds is 4. The predicted molar refractivity (Wildman–Crippen MR) is 94.9 cm³/mol. The van der Waals surface area contributed by atoms with Crippen molar-refractivity contribution in [3.8, 4) is 10.4 Å². The smallest absolute Gasteiger partial charge is 0.261 e. The van der Waals surface area contributed by atoms with Gasteiger partial charge in [0.1, 0.15) is 0 Å². The number of amides is 1. The van der Waals surface area contributed by atoms with E-state index in [4.69, 9.17) is 11.6 Å². The molecular formula is C18H15ClN2OS. The molecule has 0 spiro atoms. The summed E-state index contributed by atoms with van der Waals surface area (Å²) in [5, 5.41) is 3.70. The molecule has 0 aliphatic carbocycles. The van der Waals surface area contributed by atoms with E-state index in [1.165, 1.54) is 11.3 Å². The number of pyridine rings is 1. The number of thiophene rings is 1. The Bertz CT molecular complexity index is 799. The number of halogens is 1. The zero-order chi connectivity index (χ0) is 16.2. The van der Waals surface area contributed by atoms with Crippen molar-refractivity contribution in [2.45, 2.75) is 13.0 Å². The number of carbonyl (C=O) groups is 1. The average molecular weight is 343 g/mol. The van der Waals surface area contributed by atoms with Crippen LogP contribution >= 0.6 is 22.9 Å². The lowest BCUT2D eigenvalue weighted by atomic mass is 10.1. The number of nitrogens with zero attached hydrogens (tertiary/aromatic N) is 1. The normalized spacial score (nSPS) is 11.9. The van der Waals surface area contributed by atoms with Crippen molar-refractivity contribution in [3.63, 3.8) is 0 Å². The third-order valence-corrected chi connectivity index (χ3v) is 4.88. The van der Waals surface area contributed by atoms with Crippen molar-refractivity contribution in [1.29, 1.82) is 0 Å². The number of aromatic nitrogens is 1. The first-order valence-corrected chi connectivity index (χ1v) is 8.39. The van der Waals surface area contributed by atoms with Crippen molar-refractivity contribution in [1.82, 2.24) is 10.3 Å². The molecule has 3 rings (SSSR count). The maximum absolute atomic E-state index is 12.4. The highest BCUT2D eigenvalue weighted by molar-refractivity contribution is 7.17. The molecule has 0 radical (unpaired) electrons. The minimum atomic E-state index is -0.0859. The van der Waals surface area contributed by atoms with Crippen molar-refractivity contribution in [3.05, 3.63) is 76.4 Å². The molecule has 2 aromatic heterocycles. The van der Waals surface area contributed by atoms with Crippen LogP contribution in [0.1, 0.15) is 28.2 Å². The minimum Gasteiger partial charge on any atom is -0.345 e. The lowest BCUT2D eigenvalue weighted by molar-refractivity contribution is 0.0944. The number of hydrogen-bond acceptors (Lipinski definition) is 3. The number of carbonyl (C=O) groups excluding carboxylic acids is 1. The summed E-state index contributed by atoms with van der Waals surface area (Å²) in [5.74, 6) is -0.0773. The molecule has 0 bridgehead atoms. The molecular weight excluding hydrogens is 328 g/mol. The van der Waals surface area contributed by atoms with Crippen LogP contribution in [0.25, 0.3) is 10.4 Å². The van der Waals surface area contributed by atoms with E-state index >= 15 is 0 Å². The highest BCUT2D eigenvalue weighted by Gasteiger charge is 2.14. The van der Waals surface area contributed by atoms with Crippen LogP contribution in [0.15, 0.2) is 60.9 Å². The molecule has 2 heterocycles. The monoisotopic (exact) mass is 342 g/mol. The first kappa shape index (κ1) is 15.7. The summed E-state index contributed by atoms with van der Waals surface area (Å²) in [5.41, 5.74) is 2.04. The first-order chi connectivity index (χ1) is 11.1. The number of hydrogen-bond donors (Lipinski definition) is 1. The summed E-state index contributed by atoms with van der Waals surface area (Å²) in [6.45, 7) is 1.95. The second-order valence-electron chi connectivity index (χ2n) is 5.15. The van der Waals surface area contributed by atoms with Crippen LogP contribution in [0.5, 0.6) is 0 Å². The van der Waals surface area contributed by atoms with Gasteiger partial charge in [-0.3, -0.25) is 9.78 Å². The van der Waals surface area contributed by atoms with Crippen molar-refractivity contribution in [2.75, 3.05) is 0 Å². The summed E-state index contributed by atoms with van der Waals surface area (Å²) in [4.78, 5) is 18.2. The van der Waals surface area contributed by atoms with Gasteiger partial charge in [0.15, 0.2) is 0 Å². The van der Waals surface area contributed by atoms with Crippen LogP contribution < -0.4 is 5.32 Å². The Kier molecular flexibility index (Phi) is 4.74. The fraction of sp³-hybridized carbons (Fsp3) is 0.111. The van der Waals surface area contributed by atoms with Gasteiger partial charge in [0.25, 0.3) is 5.91 Å². The van der Waals surface area contributed by atoms with Gasteiger partial charge in [-0.15, -0.1) is 11.3 Å². The lowest BCUT2D eigenvalue weighted by Crippen LogP contribution is -2.25. The van der Waals surface area contributed by atoms with E-state index in [-0.39, 0.29) is 11.9 Å². The van der Waals surface area contributed by atoms with E-state index in [2.05, 4.69) is 10.3 Å². The highest BCUT2D eigenvalue weighted by atomic mass is 35.5. The van der Waals surface area contributed by atoms with Crippen LogP contribution in [-0.2, 0) is 0 Å². The molecule has 23 heavy (non-hydrogen) atoms. The average Bonchev–Trinajstić information content (AvgIpc) is 3.06. The van der Waals surface area contributed by atoms with Gasteiger partial charge in [0.05, 0.1) is 10.9 Å². The van der Waals surface area contributed by atoms with E-state index in [1.807, 2.05) is 55.5 Å². The fourth-order valence-corrected chi connectivity index (χ4v) is 3.25. The molecule has 5 heteroatoms. The molecule has 1 amide bonds. The molecule has 116 valence electrons. The summed E-state index contributed by atoms with van der Waals surface area (Å²) < 4.78 is 0. The highest BCUT2D eigenvalue weighted by Crippen LogP contribution is 2.29. The van der Waals surface area contributed by atoms with Crippen molar-refractivity contribution >= 4 is 28.8 Å². The molecule has 1 aromatic carbocycles. The van der Waals surface area contributed by atoms with E-state index in [0.717, 1.165) is 16.0 Å². The Balaban J connectivity index is 1.72. The van der Waals surface area contributed by atoms with Crippen LogP contribution in [0.2, 0.25) is 5.02 Å². The standard InChI is InChI=1S/C18H15ClN2OS/c1-12(14-3-2-10-20-11-14)21-18(22)17-9-8-16(23-17)13-4-6-15(19)7-5-13/h2-12H,1H3,(H,21,22). The van der Waals surface area contributed by atoms with Gasteiger partial charge in [-0.05, 0) is 48.4 Å². The van der Waals surface area contributed by atoms with Crippen LogP contribution in [0.3, 0.4) is 0 Å². The van der Waals surface area contributed by atoms with E-state index in [0.29, 0.717) is 9.90 Å². The second-order valence-corrected chi connectivity index (χ2v) is 6.67. The largest absolute Gasteiger partial charge is 0.345 e. The SMILES string of the molecule is CC(NC(=O)c1ccc(-c2ccc(Cl)cc2)s1)c1cccnc1. The molecule has 0 fully saturated rings. The first-order valence-electron chi connectivity index (χ1n) is 7.20. The summed E-state index contributed by atoms with van der Waals surface area (Å²) in [6, 6.07) is 15.1. The zero-order valence-corrected chi connectivity index (χ0v) is 14.1. The molecule has 0 saturated carbocycles. The fourth-order valence-electron chi connectivity index (χ4n) is 2.21. The van der Waals surface area contributed by atoms with Crippen LogP contribution in [-0.4, -0.2) is 10.9 Å². The van der Waals surface area contributed by atoms with E-state index in [1.54, 1.807) is 12.4 Å². The predicted octanol–water partition coefficient (Wildman–Crippen LogP) is 4.95. The maximum Gasteiger partial charge on any atom is 0.261 e. The molecule has 3 aromatic rings. The van der Waals surface area contributed by atoms with Crippen molar-refractivity contribution in [2.24, 2.45) is 0 Å². The molecule has 1 N–H and O–H groups in total. The third kappa shape index (κ3) is 3.78.